The molecule has 43 heavy (non-hydrogen) atoms. The van der Waals surface area contributed by atoms with E-state index in [-0.39, 0.29) is 12.2 Å². The first-order chi connectivity index (χ1) is 20.4. The number of carboxylic acids is 3. The van der Waals surface area contributed by atoms with Gasteiger partial charge in [0.25, 0.3) is 0 Å². The van der Waals surface area contributed by atoms with Gasteiger partial charge in [0.2, 0.25) is 5.91 Å². The Balaban J connectivity index is 2.79. The Bertz CT molecular complexity index is 1070. The zero-order valence-electron chi connectivity index (χ0n) is 25.3. The Kier molecular flexibility index (Phi) is 17.5. The molecule has 0 bridgehead atoms. The van der Waals surface area contributed by atoms with Crippen LogP contribution in [0.1, 0.15) is 96.0 Å². The maximum atomic E-state index is 13.2. The summed E-state index contributed by atoms with van der Waals surface area (Å²) in [5.74, 6) is -7.13. The molecule has 0 saturated heterocycles. The number of rotatable bonds is 24. The van der Waals surface area contributed by atoms with Crippen LogP contribution < -0.4 is 10.1 Å². The smallest absolute Gasteiger partial charge is 0.337 e. The van der Waals surface area contributed by atoms with Crippen molar-refractivity contribution in [3.63, 3.8) is 0 Å². The number of carbonyl (C=O) groups excluding carboxylic acids is 2. The molecule has 5 N–H and O–H groups in total. The number of aliphatic hydroxyl groups is 1. The molecule has 0 aliphatic carbocycles. The zero-order chi connectivity index (χ0) is 32.3. The van der Waals surface area contributed by atoms with Gasteiger partial charge in [-0.3, -0.25) is 14.4 Å². The third kappa shape index (κ3) is 14.3. The van der Waals surface area contributed by atoms with Gasteiger partial charge in [-0.15, -0.1) is 0 Å². The van der Waals surface area contributed by atoms with E-state index in [0.29, 0.717) is 37.0 Å². The standard InChI is InChI=1S/C32H47NO10/c1-3-4-5-8-11-14-24(34)15-12-9-6-7-10-13-16-26(32(42,31(40)41)22-28(35)36)29(37)33-27(30(38)39)21-23-17-19-25(43-2)20-18-23/h13,16-20,26-27,42H,3-12,14-15,21-22H2,1-2H3,(H,33,37)(H,35,36)(H,38,39)(H,40,41)/b16-13+/t26-,27?,32+/m1/s1. The molecule has 1 aromatic rings. The number of hydrogen-bond acceptors (Lipinski definition) is 7. The van der Waals surface area contributed by atoms with Crippen molar-refractivity contribution in [1.29, 1.82) is 0 Å². The van der Waals surface area contributed by atoms with E-state index in [0.717, 1.165) is 51.0 Å². The number of allylic oxidation sites excluding steroid dienone is 1. The summed E-state index contributed by atoms with van der Waals surface area (Å²) in [7, 11) is 1.48. The number of aliphatic carboxylic acids is 3. The van der Waals surface area contributed by atoms with Crippen LogP contribution in [-0.4, -0.2) is 68.8 Å². The van der Waals surface area contributed by atoms with E-state index < -0.39 is 47.8 Å². The summed E-state index contributed by atoms with van der Waals surface area (Å²) in [6.45, 7) is 2.15. The number of carboxylic acid groups (broad SMARTS) is 3. The van der Waals surface area contributed by atoms with Gasteiger partial charge in [0.1, 0.15) is 17.6 Å². The van der Waals surface area contributed by atoms with Crippen molar-refractivity contribution in [3.05, 3.63) is 42.0 Å². The van der Waals surface area contributed by atoms with E-state index in [4.69, 9.17) is 4.74 Å². The molecular formula is C32H47NO10. The molecule has 0 radical (unpaired) electrons. The van der Waals surface area contributed by atoms with Crippen LogP contribution >= 0.6 is 0 Å². The first kappa shape index (κ1) is 37.3. The lowest BCUT2D eigenvalue weighted by Gasteiger charge is -2.29. The van der Waals surface area contributed by atoms with Gasteiger partial charge in [0.15, 0.2) is 5.60 Å². The third-order valence-corrected chi connectivity index (χ3v) is 7.27. The number of Topliss-reactive ketones (excluding diaryl/α,β-unsaturated/α-hetero) is 1. The lowest BCUT2D eigenvalue weighted by molar-refractivity contribution is -0.172. The fourth-order valence-electron chi connectivity index (χ4n) is 4.69. The number of benzene rings is 1. The summed E-state index contributed by atoms with van der Waals surface area (Å²) >= 11 is 0. The van der Waals surface area contributed by atoms with E-state index >= 15 is 0 Å². The molecule has 11 heteroatoms. The lowest BCUT2D eigenvalue weighted by atomic mass is 9.82. The number of methoxy groups -OCH3 is 1. The highest BCUT2D eigenvalue weighted by molar-refractivity contribution is 5.94. The van der Waals surface area contributed by atoms with Crippen molar-refractivity contribution in [2.75, 3.05) is 7.11 Å². The molecule has 0 aliphatic rings. The topological polar surface area (TPSA) is 188 Å². The maximum absolute atomic E-state index is 13.2. The predicted molar refractivity (Wildman–Crippen MR) is 160 cm³/mol. The molecule has 1 amide bonds. The monoisotopic (exact) mass is 605 g/mol. The number of ketones is 1. The fraction of sp³-hybridized carbons (Fsp3) is 0.594. The lowest BCUT2D eigenvalue weighted by Crippen LogP contribution is -2.55. The number of amides is 1. The molecule has 1 rings (SSSR count). The Morgan fingerprint density at radius 1 is 0.884 bits per heavy atom. The molecule has 0 fully saturated rings. The van der Waals surface area contributed by atoms with Crippen molar-refractivity contribution in [3.8, 4) is 5.75 Å². The first-order valence-electron chi connectivity index (χ1n) is 15.0. The van der Waals surface area contributed by atoms with Crippen LogP contribution in [0.4, 0.5) is 0 Å². The van der Waals surface area contributed by atoms with Gasteiger partial charge in [-0.1, -0.05) is 69.7 Å². The minimum absolute atomic E-state index is 0.146. The molecule has 0 spiro atoms. The first-order valence-corrected chi connectivity index (χ1v) is 15.0. The Labute approximate surface area is 253 Å². The molecule has 0 aromatic heterocycles. The van der Waals surface area contributed by atoms with Crippen molar-refractivity contribution < 1.29 is 49.1 Å². The minimum Gasteiger partial charge on any atom is -0.497 e. The SMILES string of the molecule is CCCCCCCC(=O)CCCCCC/C=C/[C@H](C(=O)NC(Cc1ccc(OC)cc1)C(=O)O)[C@@](O)(CC(=O)O)C(=O)O. The van der Waals surface area contributed by atoms with E-state index in [1.807, 2.05) is 0 Å². The van der Waals surface area contributed by atoms with Crippen molar-refractivity contribution in [1.82, 2.24) is 5.32 Å². The van der Waals surface area contributed by atoms with Gasteiger partial charge in [-0.05, 0) is 43.4 Å². The maximum Gasteiger partial charge on any atom is 0.337 e. The van der Waals surface area contributed by atoms with E-state index in [1.54, 1.807) is 24.3 Å². The molecule has 0 aliphatic heterocycles. The zero-order valence-corrected chi connectivity index (χ0v) is 25.3. The Morgan fingerprint density at radius 3 is 1.98 bits per heavy atom. The number of nitrogens with one attached hydrogen (secondary N) is 1. The highest BCUT2D eigenvalue weighted by atomic mass is 16.5. The summed E-state index contributed by atoms with van der Waals surface area (Å²) in [4.78, 5) is 60.5. The number of unbranched alkanes of at least 4 members (excludes halogenated alkanes) is 8. The summed E-state index contributed by atoms with van der Waals surface area (Å²) < 4.78 is 5.08. The summed E-state index contributed by atoms with van der Waals surface area (Å²) in [6.07, 6.45) is 11.3. The van der Waals surface area contributed by atoms with Crippen LogP contribution in [0, 0.1) is 5.92 Å². The quantitative estimate of drug-likeness (QED) is 0.0827. The highest BCUT2D eigenvalue weighted by Crippen LogP contribution is 2.26. The van der Waals surface area contributed by atoms with Gasteiger partial charge in [-0.25, -0.2) is 9.59 Å². The average molecular weight is 606 g/mol. The second-order valence-corrected chi connectivity index (χ2v) is 10.8. The van der Waals surface area contributed by atoms with Crippen LogP contribution in [0.25, 0.3) is 0 Å². The second kappa shape index (κ2) is 20.2. The van der Waals surface area contributed by atoms with E-state index in [9.17, 15) is 44.4 Å². The summed E-state index contributed by atoms with van der Waals surface area (Å²) in [5.41, 5.74) is -2.46. The van der Waals surface area contributed by atoms with Crippen LogP contribution in [0.15, 0.2) is 36.4 Å². The molecule has 240 valence electrons. The van der Waals surface area contributed by atoms with Gasteiger partial charge < -0.3 is 30.5 Å². The molecule has 0 saturated carbocycles. The van der Waals surface area contributed by atoms with Gasteiger partial charge in [0.05, 0.1) is 19.4 Å². The van der Waals surface area contributed by atoms with Crippen LogP contribution in [0.5, 0.6) is 5.75 Å². The molecule has 11 nitrogen and oxygen atoms in total. The van der Waals surface area contributed by atoms with E-state index in [2.05, 4.69) is 12.2 Å². The van der Waals surface area contributed by atoms with Crippen LogP contribution in [-0.2, 0) is 30.4 Å². The number of hydrogen-bond donors (Lipinski definition) is 5. The van der Waals surface area contributed by atoms with Crippen molar-refractivity contribution >= 4 is 29.6 Å². The molecular weight excluding hydrogens is 558 g/mol. The highest BCUT2D eigenvalue weighted by Gasteiger charge is 2.49. The minimum atomic E-state index is -3.01. The van der Waals surface area contributed by atoms with Gasteiger partial charge >= 0.3 is 17.9 Å². The third-order valence-electron chi connectivity index (χ3n) is 7.27. The van der Waals surface area contributed by atoms with Gasteiger partial charge in [-0.2, -0.15) is 0 Å². The molecule has 1 aromatic carbocycles. The second-order valence-electron chi connectivity index (χ2n) is 10.8. The summed E-state index contributed by atoms with van der Waals surface area (Å²) in [6, 6.07) is 4.98. The normalized spacial score (nSPS) is 14.0. The van der Waals surface area contributed by atoms with Crippen molar-refractivity contribution in [2.45, 2.75) is 108 Å². The van der Waals surface area contributed by atoms with Crippen molar-refractivity contribution in [2.24, 2.45) is 5.92 Å². The number of ether oxygens (including phenoxy) is 1. The number of carbonyl (C=O) groups is 5. The average Bonchev–Trinajstić information content (AvgIpc) is 2.95. The van der Waals surface area contributed by atoms with E-state index in [1.165, 1.54) is 19.6 Å². The molecule has 1 unspecified atom stereocenters. The van der Waals surface area contributed by atoms with Crippen LogP contribution in [0.3, 0.4) is 0 Å². The summed E-state index contributed by atoms with van der Waals surface area (Å²) in [5, 5.41) is 41.7. The molecule has 0 heterocycles. The Hall–Kier alpha value is -3.73. The fourth-order valence-corrected chi connectivity index (χ4v) is 4.69. The Morgan fingerprint density at radius 2 is 1.47 bits per heavy atom. The predicted octanol–water partition coefficient (Wildman–Crippen LogP) is 4.54. The van der Waals surface area contributed by atoms with Gasteiger partial charge in [0, 0.05) is 19.3 Å². The molecule has 3 atom stereocenters. The van der Waals surface area contributed by atoms with Crippen LogP contribution in [0.2, 0.25) is 0 Å². The largest absolute Gasteiger partial charge is 0.497 e.